The second kappa shape index (κ2) is 7.96. The summed E-state index contributed by atoms with van der Waals surface area (Å²) in [5, 5.41) is 13.0. The van der Waals surface area contributed by atoms with Gasteiger partial charge >= 0.3 is 6.03 Å². The third-order valence-corrected chi connectivity index (χ3v) is 4.41. The van der Waals surface area contributed by atoms with Gasteiger partial charge in [-0.3, -0.25) is 0 Å². The molecule has 3 rings (SSSR count). The largest absolute Gasteiger partial charge is 0.347 e. The third kappa shape index (κ3) is 4.48. The molecule has 138 valence electrons. The van der Waals surface area contributed by atoms with Crippen LogP contribution < -0.4 is 5.32 Å². The van der Waals surface area contributed by atoms with E-state index in [0.29, 0.717) is 18.0 Å². The van der Waals surface area contributed by atoms with Crippen molar-refractivity contribution in [1.29, 1.82) is 5.26 Å². The average molecular weight is 360 g/mol. The Labute approximate surface area is 159 Å². The molecule has 1 aromatic heterocycles. The fraction of sp³-hybridized carbons (Fsp3) is 0.273. The van der Waals surface area contributed by atoms with Gasteiger partial charge in [0.2, 0.25) is 0 Å². The molecule has 0 radical (unpaired) electrons. The summed E-state index contributed by atoms with van der Waals surface area (Å²) in [7, 11) is 1.74. The van der Waals surface area contributed by atoms with Crippen LogP contribution >= 0.6 is 0 Å². The van der Waals surface area contributed by atoms with Crippen molar-refractivity contribution >= 4 is 22.6 Å². The van der Waals surface area contributed by atoms with Gasteiger partial charge in [0.05, 0.1) is 11.6 Å². The standard InChI is InChI=1S/C22H24N4O/c1-16(2)14-26-10-9-19-12-20(7-8-21(19)26)24-22(27)25(3)15-18-6-4-5-17(11-18)13-23/h4-12,16H,14-15H2,1-3H3,(H,24,27). The quantitative estimate of drug-likeness (QED) is 0.708. The number of rotatable bonds is 5. The van der Waals surface area contributed by atoms with Gasteiger partial charge in [-0.1, -0.05) is 26.0 Å². The fourth-order valence-corrected chi connectivity index (χ4v) is 3.13. The maximum Gasteiger partial charge on any atom is 0.321 e. The minimum absolute atomic E-state index is 0.182. The van der Waals surface area contributed by atoms with Crippen LogP contribution in [0.4, 0.5) is 10.5 Å². The first-order chi connectivity index (χ1) is 13.0. The van der Waals surface area contributed by atoms with Crippen molar-refractivity contribution in [3.05, 3.63) is 65.9 Å². The second-order valence-electron chi connectivity index (χ2n) is 7.23. The topological polar surface area (TPSA) is 61.1 Å². The summed E-state index contributed by atoms with van der Waals surface area (Å²) in [4.78, 5) is 14.1. The van der Waals surface area contributed by atoms with E-state index in [-0.39, 0.29) is 6.03 Å². The number of aromatic nitrogens is 1. The summed E-state index contributed by atoms with van der Waals surface area (Å²) in [5.74, 6) is 0.577. The van der Waals surface area contributed by atoms with Gasteiger partial charge < -0.3 is 14.8 Å². The molecule has 5 heteroatoms. The van der Waals surface area contributed by atoms with E-state index in [1.807, 2.05) is 30.3 Å². The Hall–Kier alpha value is -3.26. The molecule has 0 bridgehead atoms. The van der Waals surface area contributed by atoms with Crippen LogP contribution in [-0.4, -0.2) is 22.5 Å². The van der Waals surface area contributed by atoms with Gasteiger partial charge in [-0.25, -0.2) is 4.79 Å². The predicted octanol–water partition coefficient (Wildman–Crippen LogP) is 4.83. The number of carbonyl (C=O) groups excluding carboxylic acids is 1. The molecule has 0 atom stereocenters. The highest BCUT2D eigenvalue weighted by atomic mass is 16.2. The second-order valence-corrected chi connectivity index (χ2v) is 7.23. The summed E-state index contributed by atoms with van der Waals surface area (Å²) in [6.07, 6.45) is 2.09. The lowest BCUT2D eigenvalue weighted by Gasteiger charge is -2.18. The van der Waals surface area contributed by atoms with Crippen LogP contribution in [0.1, 0.15) is 25.0 Å². The van der Waals surface area contributed by atoms with Crippen molar-refractivity contribution < 1.29 is 4.79 Å². The molecule has 3 aromatic rings. The molecule has 27 heavy (non-hydrogen) atoms. The number of hydrogen-bond acceptors (Lipinski definition) is 2. The Morgan fingerprint density at radius 2 is 2.04 bits per heavy atom. The molecule has 2 amide bonds. The third-order valence-electron chi connectivity index (χ3n) is 4.41. The summed E-state index contributed by atoms with van der Waals surface area (Å²) in [6.45, 7) is 5.80. The number of anilines is 1. The van der Waals surface area contributed by atoms with Gasteiger partial charge in [-0.2, -0.15) is 5.26 Å². The number of nitriles is 1. The molecule has 0 saturated heterocycles. The predicted molar refractivity (Wildman–Crippen MR) is 108 cm³/mol. The van der Waals surface area contributed by atoms with Gasteiger partial charge in [-0.05, 0) is 47.9 Å². The van der Waals surface area contributed by atoms with Gasteiger partial charge in [0.15, 0.2) is 0 Å². The minimum Gasteiger partial charge on any atom is -0.347 e. The number of hydrogen-bond donors (Lipinski definition) is 1. The van der Waals surface area contributed by atoms with Crippen molar-refractivity contribution in [3.63, 3.8) is 0 Å². The molecule has 0 aliphatic rings. The first kappa shape index (κ1) is 18.5. The van der Waals surface area contributed by atoms with Crippen LogP contribution in [0.3, 0.4) is 0 Å². The first-order valence-corrected chi connectivity index (χ1v) is 9.06. The van der Waals surface area contributed by atoms with E-state index in [1.165, 1.54) is 5.52 Å². The zero-order valence-corrected chi connectivity index (χ0v) is 15.9. The molecule has 0 unspecified atom stereocenters. The highest BCUT2D eigenvalue weighted by Gasteiger charge is 2.11. The van der Waals surface area contributed by atoms with E-state index in [0.717, 1.165) is 23.2 Å². The summed E-state index contributed by atoms with van der Waals surface area (Å²) >= 11 is 0. The number of amides is 2. The number of urea groups is 1. The molecule has 5 nitrogen and oxygen atoms in total. The highest BCUT2D eigenvalue weighted by Crippen LogP contribution is 2.22. The smallest absolute Gasteiger partial charge is 0.321 e. The lowest BCUT2D eigenvalue weighted by atomic mass is 10.1. The van der Waals surface area contributed by atoms with E-state index in [2.05, 4.69) is 42.1 Å². The van der Waals surface area contributed by atoms with E-state index >= 15 is 0 Å². The maximum absolute atomic E-state index is 12.5. The molecule has 0 spiro atoms. The van der Waals surface area contributed by atoms with Crippen LogP contribution in [0.15, 0.2) is 54.7 Å². The minimum atomic E-state index is -0.182. The number of benzene rings is 2. The maximum atomic E-state index is 12.5. The monoisotopic (exact) mass is 360 g/mol. The zero-order valence-electron chi connectivity index (χ0n) is 15.9. The number of nitrogens with zero attached hydrogens (tertiary/aromatic N) is 3. The van der Waals surface area contributed by atoms with Gasteiger partial charge in [0, 0.05) is 42.9 Å². The molecule has 0 aliphatic carbocycles. The van der Waals surface area contributed by atoms with E-state index < -0.39 is 0 Å². The van der Waals surface area contributed by atoms with E-state index in [4.69, 9.17) is 5.26 Å². The molecular weight excluding hydrogens is 336 g/mol. The van der Waals surface area contributed by atoms with Crippen LogP contribution in [-0.2, 0) is 13.1 Å². The van der Waals surface area contributed by atoms with Crippen LogP contribution in [0.5, 0.6) is 0 Å². The Kier molecular flexibility index (Phi) is 5.46. The molecule has 0 saturated carbocycles. The van der Waals surface area contributed by atoms with Crippen LogP contribution in [0.2, 0.25) is 0 Å². The molecule has 0 fully saturated rings. The molecule has 1 heterocycles. The lowest BCUT2D eigenvalue weighted by molar-refractivity contribution is 0.220. The van der Waals surface area contributed by atoms with E-state index in [1.54, 1.807) is 24.1 Å². The number of carbonyl (C=O) groups is 1. The van der Waals surface area contributed by atoms with Crippen molar-refractivity contribution in [3.8, 4) is 6.07 Å². The number of fused-ring (bicyclic) bond motifs is 1. The normalized spacial score (nSPS) is 10.8. The van der Waals surface area contributed by atoms with Crippen molar-refractivity contribution in [1.82, 2.24) is 9.47 Å². The molecule has 2 aromatic carbocycles. The summed E-state index contributed by atoms with van der Waals surface area (Å²) < 4.78 is 2.24. The van der Waals surface area contributed by atoms with Gasteiger partial charge in [0.25, 0.3) is 0 Å². The SMILES string of the molecule is CC(C)Cn1ccc2cc(NC(=O)N(C)Cc3cccc(C#N)c3)ccc21. The van der Waals surface area contributed by atoms with Crippen molar-refractivity contribution in [2.45, 2.75) is 26.9 Å². The Balaban J connectivity index is 1.68. The lowest BCUT2D eigenvalue weighted by Crippen LogP contribution is -2.30. The summed E-state index contributed by atoms with van der Waals surface area (Å²) in [6, 6.07) is 17.3. The molecule has 1 N–H and O–H groups in total. The Morgan fingerprint density at radius 1 is 1.22 bits per heavy atom. The highest BCUT2D eigenvalue weighted by molar-refractivity contribution is 5.92. The Morgan fingerprint density at radius 3 is 2.78 bits per heavy atom. The molecular formula is C22H24N4O. The van der Waals surface area contributed by atoms with E-state index in [9.17, 15) is 4.79 Å². The Bertz CT molecular complexity index is 997. The molecule has 0 aliphatic heterocycles. The summed E-state index contributed by atoms with van der Waals surface area (Å²) in [5.41, 5.74) is 3.46. The fourth-order valence-electron chi connectivity index (χ4n) is 3.13. The first-order valence-electron chi connectivity index (χ1n) is 9.06. The van der Waals surface area contributed by atoms with Crippen LogP contribution in [0, 0.1) is 17.2 Å². The van der Waals surface area contributed by atoms with Gasteiger partial charge in [0.1, 0.15) is 0 Å². The number of nitrogens with one attached hydrogen (secondary N) is 1. The zero-order chi connectivity index (χ0) is 19.4. The average Bonchev–Trinajstić information content (AvgIpc) is 3.03. The van der Waals surface area contributed by atoms with Crippen molar-refractivity contribution in [2.75, 3.05) is 12.4 Å². The van der Waals surface area contributed by atoms with Crippen molar-refractivity contribution in [2.24, 2.45) is 5.92 Å². The van der Waals surface area contributed by atoms with Gasteiger partial charge in [-0.15, -0.1) is 0 Å². The van der Waals surface area contributed by atoms with Crippen LogP contribution in [0.25, 0.3) is 10.9 Å².